The fourth-order valence-corrected chi connectivity index (χ4v) is 2.64. The second-order valence-corrected chi connectivity index (χ2v) is 4.79. The molecule has 94 valence electrons. The number of carbonyl (C=O) groups is 1. The van der Waals surface area contributed by atoms with E-state index in [1.807, 2.05) is 7.05 Å². The van der Waals surface area contributed by atoms with E-state index in [-0.39, 0.29) is 5.91 Å². The monoisotopic (exact) mass is 227 g/mol. The molecular weight excluding hydrogens is 202 g/mol. The van der Waals surface area contributed by atoms with Crippen LogP contribution < -0.4 is 11.1 Å². The third-order valence-corrected chi connectivity index (χ3v) is 3.66. The number of hydrogen-bond acceptors (Lipinski definition) is 3. The van der Waals surface area contributed by atoms with Crippen LogP contribution in [0.2, 0.25) is 0 Å². The highest BCUT2D eigenvalue weighted by Gasteiger charge is 2.26. The summed E-state index contributed by atoms with van der Waals surface area (Å²) < 4.78 is 0. The van der Waals surface area contributed by atoms with Crippen molar-refractivity contribution >= 4 is 5.91 Å². The number of rotatable bonds is 4. The Hall–Kier alpha value is -0.610. The fraction of sp³-hybridized carbons (Fsp3) is 0.917. The molecule has 4 nitrogen and oxygen atoms in total. The Balaban J connectivity index is 2.55. The first-order chi connectivity index (χ1) is 7.69. The number of hydrogen-bond donors (Lipinski definition) is 2. The van der Waals surface area contributed by atoms with Crippen molar-refractivity contribution in [3.63, 3.8) is 0 Å². The van der Waals surface area contributed by atoms with Crippen molar-refractivity contribution in [2.75, 3.05) is 27.2 Å². The van der Waals surface area contributed by atoms with Crippen molar-refractivity contribution in [1.29, 1.82) is 0 Å². The van der Waals surface area contributed by atoms with Crippen LogP contribution in [0.15, 0.2) is 0 Å². The molecule has 0 aliphatic heterocycles. The highest BCUT2D eigenvalue weighted by molar-refractivity contribution is 5.77. The van der Waals surface area contributed by atoms with Crippen molar-refractivity contribution in [2.24, 2.45) is 11.7 Å². The smallest absolute Gasteiger partial charge is 0.233 e. The Labute approximate surface area is 98.6 Å². The van der Waals surface area contributed by atoms with Crippen LogP contribution in [-0.2, 0) is 4.79 Å². The van der Waals surface area contributed by atoms with Crippen LogP contribution in [0.5, 0.6) is 0 Å². The van der Waals surface area contributed by atoms with Gasteiger partial charge in [-0.3, -0.25) is 9.69 Å². The summed E-state index contributed by atoms with van der Waals surface area (Å²) in [6.07, 6.45) is 6.24. The average molecular weight is 227 g/mol. The van der Waals surface area contributed by atoms with Gasteiger partial charge in [-0.1, -0.05) is 19.3 Å². The summed E-state index contributed by atoms with van der Waals surface area (Å²) in [5, 5.41) is 2.67. The number of likely N-dealkylation sites (N-methyl/N-ethyl adjacent to an activating group) is 2. The molecule has 0 aromatic rings. The maximum absolute atomic E-state index is 11.4. The first kappa shape index (κ1) is 13.5. The van der Waals surface area contributed by atoms with Crippen LogP contribution in [-0.4, -0.2) is 44.0 Å². The summed E-state index contributed by atoms with van der Waals surface area (Å²) in [4.78, 5) is 13.5. The molecule has 16 heavy (non-hydrogen) atoms. The molecule has 1 aliphatic rings. The minimum Gasteiger partial charge on any atom is -0.358 e. The van der Waals surface area contributed by atoms with Crippen molar-refractivity contribution in [3.05, 3.63) is 0 Å². The molecule has 2 atom stereocenters. The number of nitrogens with one attached hydrogen (secondary N) is 1. The number of amides is 1. The Morgan fingerprint density at radius 1 is 1.38 bits per heavy atom. The first-order valence-corrected chi connectivity index (χ1v) is 6.30. The normalized spacial score (nSPS) is 26.5. The highest BCUT2D eigenvalue weighted by Crippen LogP contribution is 2.25. The lowest BCUT2D eigenvalue weighted by molar-refractivity contribution is -0.122. The lowest BCUT2D eigenvalue weighted by Gasteiger charge is -2.32. The van der Waals surface area contributed by atoms with Gasteiger partial charge in [0.1, 0.15) is 0 Å². The van der Waals surface area contributed by atoms with Gasteiger partial charge < -0.3 is 11.1 Å². The highest BCUT2D eigenvalue weighted by atomic mass is 16.1. The third kappa shape index (κ3) is 3.76. The second kappa shape index (κ2) is 6.86. The van der Waals surface area contributed by atoms with E-state index < -0.39 is 0 Å². The van der Waals surface area contributed by atoms with E-state index in [1.54, 1.807) is 7.05 Å². The van der Waals surface area contributed by atoms with Crippen LogP contribution in [0.25, 0.3) is 0 Å². The van der Waals surface area contributed by atoms with Crippen molar-refractivity contribution in [3.8, 4) is 0 Å². The van der Waals surface area contributed by atoms with Crippen LogP contribution in [0.1, 0.15) is 32.1 Å². The Bertz CT molecular complexity index is 220. The van der Waals surface area contributed by atoms with Crippen molar-refractivity contribution < 1.29 is 4.79 Å². The standard InChI is InChI=1S/C12H25N3O/c1-14-12(16)9-15(2)11-7-5-3-4-6-10(11)8-13/h10-11H,3-9,13H2,1-2H3,(H,14,16). The molecule has 1 aliphatic carbocycles. The van der Waals surface area contributed by atoms with Gasteiger partial charge in [0, 0.05) is 13.1 Å². The molecule has 0 aromatic carbocycles. The number of nitrogens with two attached hydrogens (primary N) is 1. The summed E-state index contributed by atoms with van der Waals surface area (Å²) in [6, 6.07) is 0.477. The van der Waals surface area contributed by atoms with Crippen LogP contribution >= 0.6 is 0 Å². The maximum Gasteiger partial charge on any atom is 0.233 e. The Morgan fingerprint density at radius 2 is 2.06 bits per heavy atom. The number of nitrogens with zero attached hydrogens (tertiary/aromatic N) is 1. The molecule has 1 fully saturated rings. The van der Waals surface area contributed by atoms with Crippen molar-refractivity contribution in [1.82, 2.24) is 10.2 Å². The van der Waals surface area contributed by atoms with E-state index >= 15 is 0 Å². The van der Waals surface area contributed by atoms with E-state index in [4.69, 9.17) is 5.73 Å². The quantitative estimate of drug-likeness (QED) is 0.690. The third-order valence-electron chi connectivity index (χ3n) is 3.66. The molecule has 0 heterocycles. The molecule has 0 aromatic heterocycles. The van der Waals surface area contributed by atoms with E-state index in [0.29, 0.717) is 18.5 Å². The van der Waals surface area contributed by atoms with E-state index in [0.717, 1.165) is 6.54 Å². The molecule has 1 amide bonds. The van der Waals surface area contributed by atoms with Crippen LogP contribution in [0.3, 0.4) is 0 Å². The zero-order chi connectivity index (χ0) is 12.0. The van der Waals surface area contributed by atoms with Gasteiger partial charge in [-0.05, 0) is 32.4 Å². The maximum atomic E-state index is 11.4. The summed E-state index contributed by atoms with van der Waals surface area (Å²) in [6.45, 7) is 1.22. The molecule has 1 saturated carbocycles. The van der Waals surface area contributed by atoms with Gasteiger partial charge in [0.2, 0.25) is 5.91 Å². The van der Waals surface area contributed by atoms with Crippen LogP contribution in [0.4, 0.5) is 0 Å². The van der Waals surface area contributed by atoms with Crippen molar-refractivity contribution in [2.45, 2.75) is 38.1 Å². The summed E-state index contributed by atoms with van der Waals surface area (Å²) in [7, 11) is 3.72. The molecule has 2 unspecified atom stereocenters. The predicted octanol–water partition coefficient (Wildman–Crippen LogP) is 0.572. The fourth-order valence-electron chi connectivity index (χ4n) is 2.64. The Kier molecular flexibility index (Phi) is 5.77. The average Bonchev–Trinajstić information content (AvgIpc) is 2.53. The van der Waals surface area contributed by atoms with Gasteiger partial charge in [-0.2, -0.15) is 0 Å². The van der Waals surface area contributed by atoms with E-state index in [1.165, 1.54) is 32.1 Å². The summed E-state index contributed by atoms with van der Waals surface area (Å²) in [5.74, 6) is 0.639. The molecule has 1 rings (SSSR count). The van der Waals surface area contributed by atoms with E-state index in [2.05, 4.69) is 10.2 Å². The summed E-state index contributed by atoms with van der Waals surface area (Å²) >= 11 is 0. The van der Waals surface area contributed by atoms with Gasteiger partial charge >= 0.3 is 0 Å². The van der Waals surface area contributed by atoms with Gasteiger partial charge in [0.05, 0.1) is 6.54 Å². The molecule has 0 saturated heterocycles. The summed E-state index contributed by atoms with van der Waals surface area (Å²) in [5.41, 5.74) is 5.84. The van der Waals surface area contributed by atoms with E-state index in [9.17, 15) is 4.79 Å². The Morgan fingerprint density at radius 3 is 2.69 bits per heavy atom. The zero-order valence-electron chi connectivity index (χ0n) is 10.5. The lowest BCUT2D eigenvalue weighted by atomic mass is 9.94. The minimum atomic E-state index is 0.0857. The molecule has 0 spiro atoms. The lowest BCUT2D eigenvalue weighted by Crippen LogP contribution is -2.44. The van der Waals surface area contributed by atoms with Gasteiger partial charge in [-0.25, -0.2) is 0 Å². The molecular formula is C12H25N3O. The number of carbonyl (C=O) groups excluding carboxylic acids is 1. The molecule has 4 heteroatoms. The minimum absolute atomic E-state index is 0.0857. The molecule has 0 radical (unpaired) electrons. The zero-order valence-corrected chi connectivity index (χ0v) is 10.5. The molecule has 3 N–H and O–H groups in total. The topological polar surface area (TPSA) is 58.4 Å². The SMILES string of the molecule is CNC(=O)CN(C)C1CCCCCC1CN. The predicted molar refractivity (Wildman–Crippen MR) is 66.1 cm³/mol. The van der Waals surface area contributed by atoms with Gasteiger partial charge in [-0.15, -0.1) is 0 Å². The molecule has 0 bridgehead atoms. The first-order valence-electron chi connectivity index (χ1n) is 6.30. The largest absolute Gasteiger partial charge is 0.358 e. The van der Waals surface area contributed by atoms with Crippen LogP contribution in [0, 0.1) is 5.92 Å². The second-order valence-electron chi connectivity index (χ2n) is 4.79. The van der Waals surface area contributed by atoms with Gasteiger partial charge in [0.15, 0.2) is 0 Å². The van der Waals surface area contributed by atoms with Gasteiger partial charge in [0.25, 0.3) is 0 Å².